The molecule has 0 aromatic heterocycles. The molecule has 1 N–H and O–H groups in total. The standard InChI is InChI=1S/C14H20N2.ClH/c1-11-7-8-13(10-12(11)2)16-14-6-4-3-5-9-15-14;/h7-8,10H,3-6,9H2,1-2H3,(H,15,16);1H. The van der Waals surface area contributed by atoms with E-state index in [0.29, 0.717) is 0 Å². The van der Waals surface area contributed by atoms with Crippen molar-refractivity contribution in [2.24, 2.45) is 4.99 Å². The molecule has 0 amide bonds. The molecule has 0 aliphatic carbocycles. The number of hydrogen-bond donors (Lipinski definition) is 1. The van der Waals surface area contributed by atoms with Crippen LogP contribution in [0.3, 0.4) is 0 Å². The number of aryl methyl sites for hydroxylation is 2. The van der Waals surface area contributed by atoms with E-state index in [4.69, 9.17) is 0 Å². The molecule has 1 aromatic rings. The topological polar surface area (TPSA) is 24.4 Å². The smallest absolute Gasteiger partial charge is 0.101 e. The Morgan fingerprint density at radius 3 is 2.65 bits per heavy atom. The maximum atomic E-state index is 4.58. The molecule has 1 aliphatic heterocycles. The molecule has 1 heterocycles. The Morgan fingerprint density at radius 2 is 1.88 bits per heavy atom. The predicted octanol–water partition coefficient (Wildman–Crippen LogP) is 4.11. The summed E-state index contributed by atoms with van der Waals surface area (Å²) in [7, 11) is 0. The zero-order chi connectivity index (χ0) is 11.4. The summed E-state index contributed by atoms with van der Waals surface area (Å²) >= 11 is 0. The lowest BCUT2D eigenvalue weighted by molar-refractivity contribution is 0.731. The third-order valence-electron chi connectivity index (χ3n) is 3.17. The number of rotatable bonds is 1. The van der Waals surface area contributed by atoms with E-state index in [-0.39, 0.29) is 12.4 Å². The minimum absolute atomic E-state index is 0. The van der Waals surface area contributed by atoms with Crippen LogP contribution < -0.4 is 5.32 Å². The van der Waals surface area contributed by atoms with Crippen LogP contribution >= 0.6 is 12.4 Å². The molecular weight excluding hydrogens is 232 g/mol. The maximum Gasteiger partial charge on any atom is 0.101 e. The molecule has 2 nitrogen and oxygen atoms in total. The van der Waals surface area contributed by atoms with Crippen LogP contribution in [0.1, 0.15) is 36.8 Å². The van der Waals surface area contributed by atoms with Gasteiger partial charge in [0.05, 0.1) is 0 Å². The first-order chi connectivity index (χ1) is 7.75. The average molecular weight is 253 g/mol. The number of anilines is 1. The van der Waals surface area contributed by atoms with Crippen molar-refractivity contribution >= 4 is 23.9 Å². The largest absolute Gasteiger partial charge is 0.344 e. The SMILES string of the molecule is Cc1ccc(NC2=NCCCCC2)cc1C.Cl. The van der Waals surface area contributed by atoms with Crippen LogP contribution in [0.15, 0.2) is 23.2 Å². The second kappa shape index (κ2) is 6.65. The Balaban J connectivity index is 0.00000144. The summed E-state index contributed by atoms with van der Waals surface area (Å²) in [4.78, 5) is 4.58. The Morgan fingerprint density at radius 1 is 1.06 bits per heavy atom. The van der Waals surface area contributed by atoms with E-state index >= 15 is 0 Å². The van der Waals surface area contributed by atoms with Gasteiger partial charge in [-0.05, 0) is 49.9 Å². The number of benzene rings is 1. The second-order valence-corrected chi connectivity index (χ2v) is 4.56. The van der Waals surface area contributed by atoms with E-state index in [9.17, 15) is 0 Å². The molecule has 0 saturated carbocycles. The summed E-state index contributed by atoms with van der Waals surface area (Å²) in [5.74, 6) is 1.15. The van der Waals surface area contributed by atoms with E-state index in [2.05, 4.69) is 42.4 Å². The highest BCUT2D eigenvalue weighted by Gasteiger charge is 2.04. The second-order valence-electron chi connectivity index (χ2n) is 4.56. The molecule has 0 saturated heterocycles. The fourth-order valence-corrected chi connectivity index (χ4v) is 1.96. The molecule has 0 unspecified atom stereocenters. The van der Waals surface area contributed by atoms with Crippen LogP contribution in [0, 0.1) is 13.8 Å². The van der Waals surface area contributed by atoms with Crippen molar-refractivity contribution in [3.05, 3.63) is 29.3 Å². The third kappa shape index (κ3) is 4.04. The van der Waals surface area contributed by atoms with Crippen LogP contribution in [0.25, 0.3) is 0 Å². The molecule has 0 fully saturated rings. The van der Waals surface area contributed by atoms with Gasteiger partial charge in [0.1, 0.15) is 5.84 Å². The Labute approximate surface area is 110 Å². The number of aliphatic imine (C=N–C) groups is 1. The van der Waals surface area contributed by atoms with Crippen molar-refractivity contribution in [3.8, 4) is 0 Å². The molecule has 1 aliphatic rings. The minimum atomic E-state index is 0. The van der Waals surface area contributed by atoms with Crippen LogP contribution in [0.2, 0.25) is 0 Å². The highest BCUT2D eigenvalue weighted by Crippen LogP contribution is 2.16. The fourth-order valence-electron chi connectivity index (χ4n) is 1.96. The minimum Gasteiger partial charge on any atom is -0.344 e. The van der Waals surface area contributed by atoms with Crippen molar-refractivity contribution in [3.63, 3.8) is 0 Å². The van der Waals surface area contributed by atoms with Gasteiger partial charge in [0.15, 0.2) is 0 Å². The summed E-state index contributed by atoms with van der Waals surface area (Å²) in [5.41, 5.74) is 3.84. The zero-order valence-corrected chi connectivity index (χ0v) is 11.4. The molecule has 0 atom stereocenters. The molecule has 2 rings (SSSR count). The number of amidine groups is 1. The maximum absolute atomic E-state index is 4.58. The van der Waals surface area contributed by atoms with Gasteiger partial charge in [0.2, 0.25) is 0 Å². The Hall–Kier alpha value is -1.02. The van der Waals surface area contributed by atoms with Crippen LogP contribution in [0.5, 0.6) is 0 Å². The molecule has 0 bridgehead atoms. The first-order valence-corrected chi connectivity index (χ1v) is 6.13. The van der Waals surface area contributed by atoms with Gasteiger partial charge in [0.25, 0.3) is 0 Å². The van der Waals surface area contributed by atoms with Gasteiger partial charge in [-0.15, -0.1) is 12.4 Å². The van der Waals surface area contributed by atoms with Gasteiger partial charge in [-0.2, -0.15) is 0 Å². The summed E-state index contributed by atoms with van der Waals surface area (Å²) in [5, 5.41) is 3.44. The number of hydrogen-bond acceptors (Lipinski definition) is 2. The summed E-state index contributed by atoms with van der Waals surface area (Å²) in [6, 6.07) is 6.49. The molecular formula is C14H21ClN2. The van der Waals surface area contributed by atoms with Gasteiger partial charge in [-0.3, -0.25) is 4.99 Å². The van der Waals surface area contributed by atoms with Crippen molar-refractivity contribution in [2.75, 3.05) is 11.9 Å². The molecule has 0 radical (unpaired) electrons. The van der Waals surface area contributed by atoms with Crippen molar-refractivity contribution < 1.29 is 0 Å². The van der Waals surface area contributed by atoms with Crippen LogP contribution in [-0.2, 0) is 0 Å². The van der Waals surface area contributed by atoms with Crippen molar-refractivity contribution in [1.82, 2.24) is 0 Å². The summed E-state index contributed by atoms with van der Waals surface area (Å²) in [6.45, 7) is 5.27. The van der Waals surface area contributed by atoms with E-state index in [1.165, 1.54) is 36.1 Å². The van der Waals surface area contributed by atoms with Gasteiger partial charge < -0.3 is 5.32 Å². The van der Waals surface area contributed by atoms with Crippen molar-refractivity contribution in [2.45, 2.75) is 39.5 Å². The number of halogens is 1. The number of nitrogens with one attached hydrogen (secondary N) is 1. The first kappa shape index (κ1) is 14.0. The molecule has 94 valence electrons. The van der Waals surface area contributed by atoms with Gasteiger partial charge in [0, 0.05) is 18.7 Å². The Bertz CT molecular complexity index is 399. The highest BCUT2D eigenvalue weighted by atomic mass is 35.5. The van der Waals surface area contributed by atoms with E-state index in [1.807, 2.05) is 0 Å². The van der Waals surface area contributed by atoms with Crippen molar-refractivity contribution in [1.29, 1.82) is 0 Å². The predicted molar refractivity (Wildman–Crippen MR) is 77.6 cm³/mol. The van der Waals surface area contributed by atoms with Crippen LogP contribution in [-0.4, -0.2) is 12.4 Å². The first-order valence-electron chi connectivity index (χ1n) is 6.13. The molecule has 3 heteroatoms. The normalized spacial score (nSPS) is 15.5. The number of nitrogens with zero attached hydrogens (tertiary/aromatic N) is 1. The quantitative estimate of drug-likeness (QED) is 0.799. The lowest BCUT2D eigenvalue weighted by Gasteiger charge is -2.10. The highest BCUT2D eigenvalue weighted by molar-refractivity contribution is 5.95. The lowest BCUT2D eigenvalue weighted by atomic mass is 10.1. The van der Waals surface area contributed by atoms with E-state index < -0.39 is 0 Å². The molecule has 1 aromatic carbocycles. The van der Waals surface area contributed by atoms with Gasteiger partial charge >= 0.3 is 0 Å². The summed E-state index contributed by atoms with van der Waals surface area (Å²) < 4.78 is 0. The molecule has 0 spiro atoms. The monoisotopic (exact) mass is 252 g/mol. The third-order valence-corrected chi connectivity index (χ3v) is 3.17. The average Bonchev–Trinajstić information content (AvgIpc) is 2.52. The lowest BCUT2D eigenvalue weighted by Crippen LogP contribution is -2.11. The zero-order valence-electron chi connectivity index (χ0n) is 10.6. The van der Waals surface area contributed by atoms with E-state index in [0.717, 1.165) is 18.8 Å². The van der Waals surface area contributed by atoms with Gasteiger partial charge in [-0.1, -0.05) is 12.5 Å². The van der Waals surface area contributed by atoms with Crippen LogP contribution in [0.4, 0.5) is 5.69 Å². The Kier molecular flexibility index (Phi) is 5.49. The van der Waals surface area contributed by atoms with E-state index in [1.54, 1.807) is 0 Å². The molecule has 17 heavy (non-hydrogen) atoms. The fraction of sp³-hybridized carbons (Fsp3) is 0.500. The van der Waals surface area contributed by atoms with Gasteiger partial charge in [-0.25, -0.2) is 0 Å². The summed E-state index contributed by atoms with van der Waals surface area (Å²) in [6.07, 6.45) is 4.89.